The molecular weight excluding hydrogens is 333 g/mol. The lowest BCUT2D eigenvalue weighted by Gasteiger charge is -2.30. The van der Waals surface area contributed by atoms with Crippen LogP contribution >= 0.6 is 12.4 Å². The van der Waals surface area contributed by atoms with Crippen LogP contribution in [-0.4, -0.2) is 31.1 Å². The lowest BCUT2D eigenvalue weighted by Crippen LogP contribution is -2.52. The molecule has 0 bridgehead atoms. The molecule has 0 aromatic heterocycles. The van der Waals surface area contributed by atoms with E-state index in [0.717, 1.165) is 31.5 Å². The van der Waals surface area contributed by atoms with Crippen molar-refractivity contribution in [3.8, 4) is 5.75 Å². The van der Waals surface area contributed by atoms with E-state index in [2.05, 4.69) is 10.6 Å². The van der Waals surface area contributed by atoms with Crippen molar-refractivity contribution in [1.82, 2.24) is 10.6 Å². The molecule has 1 amide bonds. The number of piperidine rings is 1. The number of amides is 1. The summed E-state index contributed by atoms with van der Waals surface area (Å²) in [6, 6.07) is 4.53. The van der Waals surface area contributed by atoms with Crippen molar-refractivity contribution < 1.29 is 22.7 Å². The first-order chi connectivity index (χ1) is 10.4. The van der Waals surface area contributed by atoms with E-state index in [0.29, 0.717) is 0 Å². The highest BCUT2D eigenvalue weighted by Gasteiger charge is 2.30. The summed E-state index contributed by atoms with van der Waals surface area (Å²) in [4.78, 5) is 11.8. The summed E-state index contributed by atoms with van der Waals surface area (Å²) in [6.07, 6.45) is -2.48. The number of nitrogens with one attached hydrogen (secondary N) is 2. The second kappa shape index (κ2) is 8.40. The minimum atomic E-state index is -4.37. The predicted octanol–water partition coefficient (Wildman–Crippen LogP) is 2.76. The molecule has 1 aliphatic rings. The molecule has 130 valence electrons. The van der Waals surface area contributed by atoms with Crippen LogP contribution in [-0.2, 0) is 11.0 Å². The van der Waals surface area contributed by atoms with Crippen LogP contribution in [0.15, 0.2) is 24.3 Å². The zero-order chi connectivity index (χ0) is 16.2. The quantitative estimate of drug-likeness (QED) is 0.876. The summed E-state index contributed by atoms with van der Waals surface area (Å²) in [7, 11) is 0. The second-order valence-corrected chi connectivity index (χ2v) is 5.37. The van der Waals surface area contributed by atoms with Crippen LogP contribution in [0.1, 0.15) is 25.3 Å². The number of ether oxygens (including phenoxy) is 1. The molecule has 0 radical (unpaired) electrons. The van der Waals surface area contributed by atoms with Gasteiger partial charge in [-0.05, 0) is 50.6 Å². The maximum atomic E-state index is 12.4. The number of rotatable bonds is 4. The highest BCUT2D eigenvalue weighted by Crippen LogP contribution is 2.30. The largest absolute Gasteiger partial charge is 0.484 e. The van der Waals surface area contributed by atoms with Gasteiger partial charge in [0, 0.05) is 12.1 Å². The third-order valence-electron chi connectivity index (χ3n) is 3.66. The SMILES string of the molecule is CC1NCCCC1NC(=O)COc1ccc(C(F)(F)F)cc1.Cl. The van der Waals surface area contributed by atoms with Gasteiger partial charge in [0.2, 0.25) is 0 Å². The van der Waals surface area contributed by atoms with E-state index in [1.165, 1.54) is 12.1 Å². The zero-order valence-electron chi connectivity index (χ0n) is 12.7. The second-order valence-electron chi connectivity index (χ2n) is 5.37. The maximum absolute atomic E-state index is 12.4. The van der Waals surface area contributed by atoms with Crippen LogP contribution in [0.4, 0.5) is 13.2 Å². The van der Waals surface area contributed by atoms with Crippen molar-refractivity contribution in [3.05, 3.63) is 29.8 Å². The lowest BCUT2D eigenvalue weighted by atomic mass is 10.00. The molecular formula is C15H20ClF3N2O2. The molecule has 2 atom stereocenters. The molecule has 4 nitrogen and oxygen atoms in total. The van der Waals surface area contributed by atoms with Gasteiger partial charge >= 0.3 is 6.18 Å². The van der Waals surface area contributed by atoms with Gasteiger partial charge in [0.1, 0.15) is 5.75 Å². The van der Waals surface area contributed by atoms with Crippen molar-refractivity contribution in [2.45, 2.75) is 38.0 Å². The number of carbonyl (C=O) groups excluding carboxylic acids is 1. The Morgan fingerprint density at radius 1 is 1.35 bits per heavy atom. The predicted molar refractivity (Wildman–Crippen MR) is 82.8 cm³/mol. The molecule has 23 heavy (non-hydrogen) atoms. The maximum Gasteiger partial charge on any atom is 0.416 e. The van der Waals surface area contributed by atoms with Crippen LogP contribution in [0.2, 0.25) is 0 Å². The molecule has 1 heterocycles. The van der Waals surface area contributed by atoms with Crippen molar-refractivity contribution in [2.24, 2.45) is 0 Å². The molecule has 0 spiro atoms. The minimum absolute atomic E-state index is 0. The molecule has 1 aliphatic heterocycles. The minimum Gasteiger partial charge on any atom is -0.484 e. The Kier molecular flexibility index (Phi) is 7.15. The first-order valence-electron chi connectivity index (χ1n) is 7.19. The standard InChI is InChI=1S/C15H19F3N2O2.ClH/c1-10-13(3-2-8-19-10)20-14(21)9-22-12-6-4-11(5-7-12)15(16,17)18;/h4-7,10,13,19H,2-3,8-9H2,1H3,(H,20,21);1H. The van der Waals surface area contributed by atoms with Gasteiger partial charge in [-0.15, -0.1) is 12.4 Å². The normalized spacial score (nSPS) is 21.2. The highest BCUT2D eigenvalue weighted by atomic mass is 35.5. The van der Waals surface area contributed by atoms with Crippen LogP contribution in [0, 0.1) is 0 Å². The van der Waals surface area contributed by atoms with E-state index in [-0.39, 0.29) is 42.8 Å². The third-order valence-corrected chi connectivity index (χ3v) is 3.66. The number of hydrogen-bond donors (Lipinski definition) is 2. The molecule has 1 aromatic carbocycles. The molecule has 0 aliphatic carbocycles. The third kappa shape index (κ3) is 5.91. The van der Waals surface area contributed by atoms with E-state index in [9.17, 15) is 18.0 Å². The summed E-state index contributed by atoms with van der Waals surface area (Å²) in [5.41, 5.74) is -0.744. The Bertz CT molecular complexity index is 508. The Hall–Kier alpha value is -1.47. The number of carbonyl (C=O) groups is 1. The van der Waals surface area contributed by atoms with Crippen LogP contribution in [0.25, 0.3) is 0 Å². The first-order valence-corrected chi connectivity index (χ1v) is 7.19. The van der Waals surface area contributed by atoms with Crippen LogP contribution in [0.3, 0.4) is 0 Å². The van der Waals surface area contributed by atoms with Crippen LogP contribution in [0.5, 0.6) is 5.75 Å². The first kappa shape index (κ1) is 19.6. The fourth-order valence-electron chi connectivity index (χ4n) is 2.38. The molecule has 2 rings (SSSR count). The van der Waals surface area contributed by atoms with Gasteiger partial charge in [0.25, 0.3) is 5.91 Å². The number of benzene rings is 1. The van der Waals surface area contributed by atoms with E-state index in [4.69, 9.17) is 4.74 Å². The number of hydrogen-bond acceptors (Lipinski definition) is 3. The summed E-state index contributed by atoms with van der Waals surface area (Å²) in [6.45, 7) is 2.73. The molecule has 2 unspecified atom stereocenters. The molecule has 2 N–H and O–H groups in total. The molecule has 0 saturated carbocycles. The van der Waals surface area contributed by atoms with Crippen LogP contribution < -0.4 is 15.4 Å². The Balaban J connectivity index is 0.00000264. The molecule has 1 aromatic rings. The average Bonchev–Trinajstić information content (AvgIpc) is 2.47. The highest BCUT2D eigenvalue weighted by molar-refractivity contribution is 5.85. The van der Waals surface area contributed by atoms with Gasteiger partial charge in [-0.3, -0.25) is 4.79 Å². The van der Waals surface area contributed by atoms with Gasteiger partial charge in [-0.25, -0.2) is 0 Å². The van der Waals surface area contributed by atoms with E-state index in [1.54, 1.807) is 0 Å². The van der Waals surface area contributed by atoms with Gasteiger partial charge in [-0.2, -0.15) is 13.2 Å². The molecule has 1 fully saturated rings. The Labute approximate surface area is 139 Å². The van der Waals surface area contributed by atoms with E-state index in [1.807, 2.05) is 6.92 Å². The van der Waals surface area contributed by atoms with Crippen molar-refractivity contribution in [1.29, 1.82) is 0 Å². The Morgan fingerprint density at radius 2 is 2.00 bits per heavy atom. The topological polar surface area (TPSA) is 50.4 Å². The average molecular weight is 353 g/mol. The molecule has 8 heteroatoms. The number of alkyl halides is 3. The fraction of sp³-hybridized carbons (Fsp3) is 0.533. The summed E-state index contributed by atoms with van der Waals surface area (Å²) >= 11 is 0. The van der Waals surface area contributed by atoms with Gasteiger partial charge in [0.15, 0.2) is 6.61 Å². The lowest BCUT2D eigenvalue weighted by molar-refractivity contribution is -0.137. The monoisotopic (exact) mass is 352 g/mol. The van der Waals surface area contributed by atoms with E-state index >= 15 is 0 Å². The summed E-state index contributed by atoms with van der Waals surface area (Å²) in [5, 5.41) is 6.14. The fourth-order valence-corrected chi connectivity index (χ4v) is 2.38. The Morgan fingerprint density at radius 3 is 2.57 bits per heavy atom. The summed E-state index contributed by atoms with van der Waals surface area (Å²) < 4.78 is 42.5. The van der Waals surface area contributed by atoms with E-state index < -0.39 is 11.7 Å². The van der Waals surface area contributed by atoms with Gasteiger partial charge in [-0.1, -0.05) is 0 Å². The van der Waals surface area contributed by atoms with Crippen molar-refractivity contribution >= 4 is 18.3 Å². The zero-order valence-corrected chi connectivity index (χ0v) is 13.5. The van der Waals surface area contributed by atoms with Crippen molar-refractivity contribution in [3.63, 3.8) is 0 Å². The smallest absolute Gasteiger partial charge is 0.416 e. The van der Waals surface area contributed by atoms with Crippen molar-refractivity contribution in [2.75, 3.05) is 13.2 Å². The molecule has 1 saturated heterocycles. The van der Waals surface area contributed by atoms with Gasteiger partial charge in [0.05, 0.1) is 5.56 Å². The summed E-state index contributed by atoms with van der Waals surface area (Å²) in [5.74, 6) is -0.0431. The number of halogens is 4. The van der Waals surface area contributed by atoms with Gasteiger partial charge < -0.3 is 15.4 Å².